The molecule has 1 N–H and O–H groups in total. The van der Waals surface area contributed by atoms with Crippen LogP contribution in [0.2, 0.25) is 5.02 Å². The molecule has 0 aliphatic carbocycles. The van der Waals surface area contributed by atoms with Crippen LogP contribution in [0.5, 0.6) is 0 Å². The fraction of sp³-hybridized carbons (Fsp3) is 0.308. The van der Waals surface area contributed by atoms with E-state index in [9.17, 15) is 13.2 Å². The summed E-state index contributed by atoms with van der Waals surface area (Å²) in [5, 5.41) is 3.12. The summed E-state index contributed by atoms with van der Waals surface area (Å²) in [5.74, 6) is -0.229. The van der Waals surface area contributed by atoms with Crippen molar-refractivity contribution in [3.8, 4) is 0 Å². The first kappa shape index (κ1) is 16.5. The average molecular weight is 317 g/mol. The van der Waals surface area contributed by atoms with Crippen molar-refractivity contribution in [3.63, 3.8) is 0 Å². The number of nitrogens with zero attached hydrogens (tertiary/aromatic N) is 1. The summed E-state index contributed by atoms with van der Waals surface area (Å²) in [5.41, 5.74) is 0.480. The van der Waals surface area contributed by atoms with Gasteiger partial charge < -0.3 is 5.32 Å². The van der Waals surface area contributed by atoms with E-state index in [0.717, 1.165) is 6.26 Å². The van der Waals surface area contributed by atoms with Crippen molar-refractivity contribution in [1.29, 1.82) is 0 Å². The van der Waals surface area contributed by atoms with Crippen LogP contribution in [0.15, 0.2) is 36.9 Å². The lowest BCUT2D eigenvalue weighted by Crippen LogP contribution is -2.34. The SMILES string of the molecule is C=CCNC(=O)CCN(c1ccc(Cl)cc1)S(C)(=O)=O. The molecule has 0 radical (unpaired) electrons. The van der Waals surface area contributed by atoms with E-state index < -0.39 is 10.0 Å². The first-order valence-corrected chi connectivity index (χ1v) is 8.18. The van der Waals surface area contributed by atoms with Crippen molar-refractivity contribution in [2.45, 2.75) is 6.42 Å². The van der Waals surface area contributed by atoms with Crippen LogP contribution < -0.4 is 9.62 Å². The lowest BCUT2D eigenvalue weighted by Gasteiger charge is -2.22. The zero-order valence-electron chi connectivity index (χ0n) is 11.2. The van der Waals surface area contributed by atoms with E-state index in [-0.39, 0.29) is 18.9 Å². The second kappa shape index (κ2) is 7.31. The number of hydrogen-bond donors (Lipinski definition) is 1. The molecule has 0 unspecified atom stereocenters. The molecule has 5 nitrogen and oxygen atoms in total. The van der Waals surface area contributed by atoms with Gasteiger partial charge in [-0.15, -0.1) is 6.58 Å². The Hall–Kier alpha value is -1.53. The Bertz CT molecular complexity index is 570. The summed E-state index contributed by atoms with van der Waals surface area (Å²) in [6.07, 6.45) is 2.73. The Morgan fingerprint density at radius 1 is 1.40 bits per heavy atom. The summed E-state index contributed by atoms with van der Waals surface area (Å²) >= 11 is 5.77. The van der Waals surface area contributed by atoms with Crippen molar-refractivity contribution in [2.24, 2.45) is 0 Å². The summed E-state index contributed by atoms with van der Waals surface area (Å²) in [6, 6.07) is 6.41. The minimum Gasteiger partial charge on any atom is -0.353 e. The van der Waals surface area contributed by atoms with Crippen molar-refractivity contribution >= 4 is 33.2 Å². The van der Waals surface area contributed by atoms with Gasteiger partial charge in [-0.1, -0.05) is 17.7 Å². The van der Waals surface area contributed by atoms with Gasteiger partial charge in [-0.3, -0.25) is 9.10 Å². The summed E-state index contributed by atoms with van der Waals surface area (Å²) in [7, 11) is -3.46. The van der Waals surface area contributed by atoms with Crippen LogP contribution in [-0.4, -0.2) is 33.7 Å². The fourth-order valence-electron chi connectivity index (χ4n) is 1.57. The number of carbonyl (C=O) groups is 1. The van der Waals surface area contributed by atoms with Crippen LogP contribution in [0.25, 0.3) is 0 Å². The van der Waals surface area contributed by atoms with Gasteiger partial charge >= 0.3 is 0 Å². The Morgan fingerprint density at radius 3 is 2.50 bits per heavy atom. The average Bonchev–Trinajstić information content (AvgIpc) is 2.37. The highest BCUT2D eigenvalue weighted by atomic mass is 35.5. The highest BCUT2D eigenvalue weighted by molar-refractivity contribution is 7.92. The number of halogens is 1. The molecule has 0 saturated carbocycles. The molecule has 0 saturated heterocycles. The predicted octanol–water partition coefficient (Wildman–Crippen LogP) is 1.80. The van der Waals surface area contributed by atoms with Gasteiger partial charge in [0.2, 0.25) is 15.9 Å². The quantitative estimate of drug-likeness (QED) is 0.780. The minimum absolute atomic E-state index is 0.0729. The molecule has 0 aliphatic rings. The molecular weight excluding hydrogens is 300 g/mol. The predicted molar refractivity (Wildman–Crippen MR) is 81.5 cm³/mol. The first-order chi connectivity index (χ1) is 9.34. The molecule has 0 atom stereocenters. The van der Waals surface area contributed by atoms with E-state index in [1.807, 2.05) is 0 Å². The molecular formula is C13H17ClN2O3S. The highest BCUT2D eigenvalue weighted by Gasteiger charge is 2.18. The zero-order chi connectivity index (χ0) is 15.2. The van der Waals surface area contributed by atoms with Gasteiger partial charge in [0, 0.05) is 24.5 Å². The second-order valence-electron chi connectivity index (χ2n) is 4.15. The fourth-order valence-corrected chi connectivity index (χ4v) is 2.62. The maximum absolute atomic E-state index is 11.8. The number of amides is 1. The van der Waals surface area contributed by atoms with Crippen molar-refractivity contribution in [1.82, 2.24) is 5.32 Å². The molecule has 0 aromatic heterocycles. The normalized spacial score (nSPS) is 10.9. The molecule has 1 rings (SSSR count). The Labute approximate surface area is 124 Å². The summed E-state index contributed by atoms with van der Waals surface area (Å²) in [6.45, 7) is 3.92. The van der Waals surface area contributed by atoms with E-state index in [1.54, 1.807) is 30.3 Å². The second-order valence-corrected chi connectivity index (χ2v) is 6.50. The third-order valence-corrected chi connectivity index (χ3v) is 3.95. The molecule has 0 fully saturated rings. The van der Waals surface area contributed by atoms with Crippen LogP contribution in [0.1, 0.15) is 6.42 Å². The molecule has 0 aliphatic heterocycles. The van der Waals surface area contributed by atoms with E-state index in [4.69, 9.17) is 11.6 Å². The van der Waals surface area contributed by atoms with Gasteiger partial charge in [0.1, 0.15) is 0 Å². The van der Waals surface area contributed by atoms with Crippen molar-refractivity contribution in [2.75, 3.05) is 23.7 Å². The van der Waals surface area contributed by atoms with E-state index >= 15 is 0 Å². The molecule has 0 bridgehead atoms. The molecule has 1 aromatic rings. The van der Waals surface area contributed by atoms with Crippen LogP contribution in [0, 0.1) is 0 Å². The standard InChI is InChI=1S/C13H17ClN2O3S/c1-3-9-15-13(17)8-10-16(20(2,18)19)12-6-4-11(14)5-7-12/h3-7H,1,8-10H2,2H3,(H,15,17). The number of anilines is 1. The molecule has 7 heteroatoms. The van der Waals surface area contributed by atoms with E-state index in [2.05, 4.69) is 11.9 Å². The van der Waals surface area contributed by atoms with Gasteiger partial charge in [-0.2, -0.15) is 0 Å². The Morgan fingerprint density at radius 2 is 2.00 bits per heavy atom. The zero-order valence-corrected chi connectivity index (χ0v) is 12.7. The number of nitrogens with one attached hydrogen (secondary N) is 1. The lowest BCUT2D eigenvalue weighted by atomic mass is 10.3. The smallest absolute Gasteiger partial charge is 0.232 e. The van der Waals surface area contributed by atoms with E-state index in [0.29, 0.717) is 17.3 Å². The number of rotatable bonds is 7. The summed E-state index contributed by atoms with van der Waals surface area (Å²) in [4.78, 5) is 11.5. The Kier molecular flexibility index (Phi) is 6.04. The molecule has 110 valence electrons. The molecule has 1 amide bonds. The Balaban J connectivity index is 2.79. The van der Waals surface area contributed by atoms with Crippen LogP contribution in [0.4, 0.5) is 5.69 Å². The maximum atomic E-state index is 11.8. The van der Waals surface area contributed by atoms with Gasteiger partial charge in [-0.05, 0) is 24.3 Å². The molecule has 0 heterocycles. The van der Waals surface area contributed by atoms with Gasteiger partial charge in [0.05, 0.1) is 11.9 Å². The lowest BCUT2D eigenvalue weighted by molar-refractivity contribution is -0.120. The molecule has 0 spiro atoms. The van der Waals surface area contributed by atoms with Crippen LogP contribution in [0.3, 0.4) is 0 Å². The monoisotopic (exact) mass is 316 g/mol. The topological polar surface area (TPSA) is 66.5 Å². The third kappa shape index (κ3) is 5.22. The van der Waals surface area contributed by atoms with Gasteiger partial charge in [-0.25, -0.2) is 8.42 Å². The van der Waals surface area contributed by atoms with Crippen molar-refractivity contribution < 1.29 is 13.2 Å². The van der Waals surface area contributed by atoms with Crippen LogP contribution in [-0.2, 0) is 14.8 Å². The number of sulfonamides is 1. The number of carbonyl (C=O) groups excluding carboxylic acids is 1. The molecule has 20 heavy (non-hydrogen) atoms. The van der Waals surface area contributed by atoms with Gasteiger partial charge in [0.15, 0.2) is 0 Å². The highest BCUT2D eigenvalue weighted by Crippen LogP contribution is 2.20. The first-order valence-electron chi connectivity index (χ1n) is 5.95. The third-order valence-electron chi connectivity index (χ3n) is 2.50. The largest absolute Gasteiger partial charge is 0.353 e. The number of benzene rings is 1. The van der Waals surface area contributed by atoms with Crippen LogP contribution >= 0.6 is 11.6 Å². The summed E-state index contributed by atoms with van der Waals surface area (Å²) < 4.78 is 24.8. The molecule has 1 aromatic carbocycles. The van der Waals surface area contributed by atoms with E-state index in [1.165, 1.54) is 4.31 Å². The van der Waals surface area contributed by atoms with Gasteiger partial charge in [0.25, 0.3) is 0 Å². The number of hydrogen-bond acceptors (Lipinski definition) is 3. The minimum atomic E-state index is -3.46. The van der Waals surface area contributed by atoms with Crippen molar-refractivity contribution in [3.05, 3.63) is 41.9 Å². The maximum Gasteiger partial charge on any atom is 0.232 e.